The normalized spacial score (nSPS) is 20.4. The van der Waals surface area contributed by atoms with Crippen molar-refractivity contribution in [2.45, 2.75) is 38.6 Å². The second-order valence-electron chi connectivity index (χ2n) is 8.06. The lowest BCUT2D eigenvalue weighted by Gasteiger charge is -2.26. The first-order chi connectivity index (χ1) is 14.7. The molecule has 0 bridgehead atoms. The van der Waals surface area contributed by atoms with Gasteiger partial charge in [-0.1, -0.05) is 36.4 Å². The predicted molar refractivity (Wildman–Crippen MR) is 123 cm³/mol. The van der Waals surface area contributed by atoms with Gasteiger partial charge < -0.3 is 20.9 Å². The Morgan fingerprint density at radius 1 is 1.13 bits per heavy atom. The molecule has 1 amide bonds. The van der Waals surface area contributed by atoms with Crippen molar-refractivity contribution in [3.8, 4) is 0 Å². The second kappa shape index (κ2) is 9.20. The average molecular weight is 406 g/mol. The molecule has 0 fully saturated rings. The van der Waals surface area contributed by atoms with Crippen molar-refractivity contribution in [1.29, 1.82) is 0 Å². The zero-order valence-electron chi connectivity index (χ0n) is 17.8. The smallest absolute Gasteiger partial charge is 0.225 e. The maximum absolute atomic E-state index is 12.1. The van der Waals surface area contributed by atoms with E-state index >= 15 is 0 Å². The first-order valence-electron chi connectivity index (χ1n) is 10.9. The first kappa shape index (κ1) is 20.3. The number of aliphatic imine (C=N–C) groups is 1. The summed E-state index contributed by atoms with van der Waals surface area (Å²) in [5.74, 6) is 0.977. The van der Waals surface area contributed by atoms with E-state index in [1.807, 2.05) is 18.2 Å². The molecule has 4 rings (SSSR count). The number of para-hydroxylation sites is 2. The first-order valence-corrected chi connectivity index (χ1v) is 10.9. The van der Waals surface area contributed by atoms with Gasteiger partial charge in [0.25, 0.3) is 0 Å². The van der Waals surface area contributed by atoms with Crippen LogP contribution in [0.2, 0.25) is 0 Å². The molecule has 0 spiro atoms. The number of nitrogens with zero attached hydrogens (tertiary/aromatic N) is 2. The molecule has 2 aliphatic rings. The third-order valence-electron chi connectivity index (χ3n) is 5.91. The van der Waals surface area contributed by atoms with Gasteiger partial charge in [-0.15, -0.1) is 0 Å². The zero-order chi connectivity index (χ0) is 20.9. The number of carbonyl (C=O) groups is 1. The predicted octanol–water partition coefficient (Wildman–Crippen LogP) is 3.12. The van der Waals surface area contributed by atoms with Crippen LogP contribution in [0.4, 0.5) is 11.4 Å². The largest absolute Gasteiger partial charge is 0.367 e. The Morgan fingerprint density at radius 3 is 2.80 bits per heavy atom. The van der Waals surface area contributed by atoms with Gasteiger partial charge in [-0.05, 0) is 43.5 Å². The molecule has 30 heavy (non-hydrogen) atoms. The molecule has 3 N–H and O–H groups in total. The molecule has 0 aliphatic carbocycles. The third-order valence-corrected chi connectivity index (χ3v) is 5.91. The van der Waals surface area contributed by atoms with E-state index in [1.54, 1.807) is 0 Å². The highest BCUT2D eigenvalue weighted by molar-refractivity contribution is 5.94. The molecule has 6 nitrogen and oxygen atoms in total. The molecule has 6 heteroatoms. The van der Waals surface area contributed by atoms with Crippen molar-refractivity contribution in [3.05, 3.63) is 59.7 Å². The van der Waals surface area contributed by atoms with Crippen molar-refractivity contribution in [3.63, 3.8) is 0 Å². The molecule has 0 saturated heterocycles. The number of nitrogens with one attached hydrogen (secondary N) is 3. The van der Waals surface area contributed by atoms with Crippen LogP contribution in [0.25, 0.3) is 0 Å². The molecule has 2 unspecified atom stereocenters. The average Bonchev–Trinajstić information content (AvgIpc) is 3.07. The van der Waals surface area contributed by atoms with Crippen molar-refractivity contribution >= 4 is 23.2 Å². The maximum atomic E-state index is 12.1. The van der Waals surface area contributed by atoms with Crippen LogP contribution in [-0.2, 0) is 11.2 Å². The van der Waals surface area contributed by atoms with Crippen LogP contribution < -0.4 is 20.9 Å². The number of hydrogen-bond acceptors (Lipinski definition) is 3. The highest BCUT2D eigenvalue weighted by Crippen LogP contribution is 2.32. The Bertz CT molecular complexity index is 925. The quantitative estimate of drug-likeness (QED) is 0.510. The summed E-state index contributed by atoms with van der Waals surface area (Å²) in [5, 5.41) is 9.76. The fraction of sp³-hybridized carbons (Fsp3) is 0.417. The van der Waals surface area contributed by atoms with Gasteiger partial charge in [-0.2, -0.15) is 0 Å². The van der Waals surface area contributed by atoms with Gasteiger partial charge in [0.05, 0.1) is 6.54 Å². The van der Waals surface area contributed by atoms with E-state index in [0.717, 1.165) is 37.7 Å². The molecular weight excluding hydrogens is 374 g/mol. The highest BCUT2D eigenvalue weighted by Gasteiger charge is 2.26. The molecule has 2 heterocycles. The summed E-state index contributed by atoms with van der Waals surface area (Å²) in [4.78, 5) is 19.3. The maximum Gasteiger partial charge on any atom is 0.225 e. The Hall–Kier alpha value is -3.02. The lowest BCUT2D eigenvalue weighted by Crippen LogP contribution is -2.43. The molecule has 2 aromatic carbocycles. The number of benzene rings is 2. The van der Waals surface area contributed by atoms with Gasteiger partial charge >= 0.3 is 0 Å². The second-order valence-corrected chi connectivity index (χ2v) is 8.06. The molecule has 2 atom stereocenters. The summed E-state index contributed by atoms with van der Waals surface area (Å²) in [6, 6.07) is 17.2. The fourth-order valence-electron chi connectivity index (χ4n) is 4.47. The summed E-state index contributed by atoms with van der Waals surface area (Å²) in [6.07, 6.45) is 1.58. The van der Waals surface area contributed by atoms with Crippen molar-refractivity contribution < 1.29 is 4.79 Å². The Morgan fingerprint density at radius 2 is 1.93 bits per heavy atom. The van der Waals surface area contributed by atoms with Crippen molar-refractivity contribution in [2.24, 2.45) is 4.99 Å². The third kappa shape index (κ3) is 4.42. The van der Waals surface area contributed by atoms with Gasteiger partial charge in [-0.25, -0.2) is 0 Å². The monoisotopic (exact) mass is 405 g/mol. The fourth-order valence-corrected chi connectivity index (χ4v) is 4.47. The lowest BCUT2D eigenvalue weighted by molar-refractivity contribution is -0.116. The van der Waals surface area contributed by atoms with Crippen LogP contribution >= 0.6 is 0 Å². The molecule has 2 aliphatic heterocycles. The van der Waals surface area contributed by atoms with E-state index in [0.29, 0.717) is 19.0 Å². The van der Waals surface area contributed by atoms with Crippen LogP contribution in [0.1, 0.15) is 37.3 Å². The number of hydrogen-bond donors (Lipinski definition) is 3. The minimum atomic E-state index is 0.0635. The van der Waals surface area contributed by atoms with Crippen LogP contribution in [0.5, 0.6) is 0 Å². The minimum Gasteiger partial charge on any atom is -0.367 e. The molecule has 0 radical (unpaired) electrons. The molecule has 158 valence electrons. The van der Waals surface area contributed by atoms with Gasteiger partial charge in [0.15, 0.2) is 5.96 Å². The lowest BCUT2D eigenvalue weighted by atomic mass is 9.91. The van der Waals surface area contributed by atoms with Gasteiger partial charge in [0, 0.05) is 49.4 Å². The van der Waals surface area contributed by atoms with Crippen molar-refractivity contribution in [1.82, 2.24) is 10.6 Å². The van der Waals surface area contributed by atoms with Gasteiger partial charge in [0.1, 0.15) is 0 Å². The van der Waals surface area contributed by atoms with E-state index in [1.165, 1.54) is 16.8 Å². The number of rotatable bonds is 6. The number of amides is 1. The van der Waals surface area contributed by atoms with Gasteiger partial charge in [-0.3, -0.25) is 9.79 Å². The Balaban J connectivity index is 1.38. The summed E-state index contributed by atoms with van der Waals surface area (Å²) in [5.41, 5.74) is 4.85. The van der Waals surface area contributed by atoms with Crippen LogP contribution in [0.15, 0.2) is 53.5 Å². The number of carbonyl (C=O) groups excluding carboxylic acids is 1. The molecule has 0 saturated carbocycles. The topological polar surface area (TPSA) is 68.8 Å². The summed E-state index contributed by atoms with van der Waals surface area (Å²) in [7, 11) is 0. The standard InChI is InChI=1S/C24H31N5O/c1-3-25-24(26-12-13-29-17(2)14-18-8-4-7-11-22(18)29)27-16-19-15-23(30)28-21-10-6-5-9-20(19)21/h4-11,17,19H,3,12-16H2,1-2H3,(H,28,30)(H2,25,26,27). The van der Waals surface area contributed by atoms with Crippen LogP contribution in [0.3, 0.4) is 0 Å². The minimum absolute atomic E-state index is 0.0635. The van der Waals surface area contributed by atoms with E-state index in [4.69, 9.17) is 4.99 Å². The van der Waals surface area contributed by atoms with E-state index in [-0.39, 0.29) is 11.8 Å². The van der Waals surface area contributed by atoms with E-state index in [2.05, 4.69) is 65.0 Å². The van der Waals surface area contributed by atoms with Gasteiger partial charge in [0.2, 0.25) is 5.91 Å². The molecular formula is C24H31N5O. The number of fused-ring (bicyclic) bond motifs is 2. The van der Waals surface area contributed by atoms with E-state index < -0.39 is 0 Å². The zero-order valence-corrected chi connectivity index (χ0v) is 17.8. The molecule has 0 aromatic heterocycles. The summed E-state index contributed by atoms with van der Waals surface area (Å²) in [6.45, 7) is 7.48. The SMILES string of the molecule is CCNC(=NCC1CC(=O)Nc2ccccc21)NCCN1c2ccccc2CC1C. The molecule has 2 aromatic rings. The number of anilines is 2. The Labute approximate surface area is 178 Å². The summed E-state index contributed by atoms with van der Waals surface area (Å²) >= 11 is 0. The summed E-state index contributed by atoms with van der Waals surface area (Å²) < 4.78 is 0. The van der Waals surface area contributed by atoms with Crippen LogP contribution in [-0.4, -0.2) is 44.1 Å². The van der Waals surface area contributed by atoms with E-state index in [9.17, 15) is 4.79 Å². The Kier molecular flexibility index (Phi) is 6.21. The highest BCUT2D eigenvalue weighted by atomic mass is 16.1. The van der Waals surface area contributed by atoms with Crippen LogP contribution in [0, 0.1) is 0 Å². The number of guanidine groups is 1. The van der Waals surface area contributed by atoms with Crippen molar-refractivity contribution in [2.75, 3.05) is 36.4 Å².